The highest BCUT2D eigenvalue weighted by atomic mass is 16.7. The first-order valence-electron chi connectivity index (χ1n) is 8.07. The van der Waals surface area contributed by atoms with Gasteiger partial charge >= 0.3 is 0 Å². The third-order valence-electron chi connectivity index (χ3n) is 4.18. The van der Waals surface area contributed by atoms with Gasteiger partial charge in [0.1, 0.15) is 5.76 Å². The molecule has 0 aromatic heterocycles. The van der Waals surface area contributed by atoms with Gasteiger partial charge in [0.15, 0.2) is 0 Å². The summed E-state index contributed by atoms with van der Waals surface area (Å²) in [4.78, 5) is 0. The van der Waals surface area contributed by atoms with Gasteiger partial charge in [0, 0.05) is 17.9 Å². The normalized spacial score (nSPS) is 14.5. The summed E-state index contributed by atoms with van der Waals surface area (Å²) in [7, 11) is 1.68. The summed E-state index contributed by atoms with van der Waals surface area (Å²) < 4.78 is 11.5. The van der Waals surface area contributed by atoms with Gasteiger partial charge in [-0.25, -0.2) is 0 Å². The van der Waals surface area contributed by atoms with Crippen LogP contribution in [-0.2, 0) is 9.47 Å². The number of benzene rings is 2. The van der Waals surface area contributed by atoms with Crippen LogP contribution in [0.25, 0.3) is 0 Å². The van der Waals surface area contributed by atoms with E-state index in [1.807, 2.05) is 12.1 Å². The van der Waals surface area contributed by atoms with E-state index in [1.54, 1.807) is 7.11 Å². The van der Waals surface area contributed by atoms with Crippen LogP contribution in [0, 0.1) is 0 Å². The fraction of sp³-hybridized carbons (Fsp3) is 0.238. The zero-order valence-corrected chi connectivity index (χ0v) is 13.7. The smallest absolute Gasteiger partial charge is 0.284 e. The second-order valence-corrected chi connectivity index (χ2v) is 5.60. The van der Waals surface area contributed by atoms with Gasteiger partial charge in [0.25, 0.3) is 5.95 Å². The van der Waals surface area contributed by atoms with E-state index >= 15 is 0 Å². The van der Waals surface area contributed by atoms with Crippen molar-refractivity contribution in [3.63, 3.8) is 0 Å². The number of allylic oxidation sites excluding steroid dienone is 3. The predicted octanol–water partition coefficient (Wildman–Crippen LogP) is 5.39. The SMILES string of the molecule is CCC1=CCC(C(c2ccccc2)c2ccccc2)=C(OC)O1. The summed E-state index contributed by atoms with van der Waals surface area (Å²) in [5.41, 5.74) is 3.67. The topological polar surface area (TPSA) is 18.5 Å². The van der Waals surface area contributed by atoms with Crippen LogP contribution in [-0.4, -0.2) is 7.11 Å². The Labute approximate surface area is 138 Å². The fourth-order valence-corrected chi connectivity index (χ4v) is 3.04. The highest BCUT2D eigenvalue weighted by Gasteiger charge is 2.26. The molecule has 1 heterocycles. The molecule has 0 atom stereocenters. The van der Waals surface area contributed by atoms with Crippen molar-refractivity contribution in [2.45, 2.75) is 25.7 Å². The Bertz CT molecular complexity index is 660. The van der Waals surface area contributed by atoms with Gasteiger partial charge in [0.05, 0.1) is 7.11 Å². The molecule has 0 amide bonds. The Morgan fingerprint density at radius 3 is 2.00 bits per heavy atom. The van der Waals surface area contributed by atoms with Crippen LogP contribution in [0.1, 0.15) is 36.8 Å². The van der Waals surface area contributed by atoms with E-state index in [0.29, 0.717) is 5.95 Å². The molecule has 2 heteroatoms. The van der Waals surface area contributed by atoms with E-state index in [0.717, 1.165) is 18.6 Å². The molecule has 0 N–H and O–H groups in total. The van der Waals surface area contributed by atoms with Gasteiger partial charge in [-0.15, -0.1) is 0 Å². The molecule has 0 radical (unpaired) electrons. The van der Waals surface area contributed by atoms with Crippen molar-refractivity contribution in [1.29, 1.82) is 0 Å². The number of ether oxygens (including phenoxy) is 2. The maximum Gasteiger partial charge on any atom is 0.284 e. The van der Waals surface area contributed by atoms with Crippen LogP contribution in [0.15, 0.2) is 84.0 Å². The average Bonchev–Trinajstić information content (AvgIpc) is 2.64. The van der Waals surface area contributed by atoms with Gasteiger partial charge < -0.3 is 9.47 Å². The minimum atomic E-state index is 0.141. The zero-order valence-electron chi connectivity index (χ0n) is 13.7. The lowest BCUT2D eigenvalue weighted by atomic mass is 9.83. The summed E-state index contributed by atoms with van der Waals surface area (Å²) in [6.45, 7) is 2.09. The Kier molecular flexibility index (Phi) is 4.82. The second-order valence-electron chi connectivity index (χ2n) is 5.60. The van der Waals surface area contributed by atoms with E-state index in [2.05, 4.69) is 61.5 Å². The number of rotatable bonds is 5. The minimum Gasteiger partial charge on any atom is -0.468 e. The fourth-order valence-electron chi connectivity index (χ4n) is 3.04. The average molecular weight is 306 g/mol. The van der Waals surface area contributed by atoms with Gasteiger partial charge in [-0.2, -0.15) is 0 Å². The molecule has 0 aliphatic carbocycles. The Hall–Kier alpha value is -2.48. The van der Waals surface area contributed by atoms with Crippen molar-refractivity contribution >= 4 is 0 Å². The van der Waals surface area contributed by atoms with Crippen LogP contribution < -0.4 is 0 Å². The molecule has 118 valence electrons. The van der Waals surface area contributed by atoms with E-state index in [4.69, 9.17) is 9.47 Å². The predicted molar refractivity (Wildman–Crippen MR) is 92.8 cm³/mol. The van der Waals surface area contributed by atoms with Crippen molar-refractivity contribution in [3.8, 4) is 0 Å². The molecular weight excluding hydrogens is 284 g/mol. The first kappa shape index (κ1) is 15.4. The maximum absolute atomic E-state index is 5.94. The molecule has 0 spiro atoms. The quantitative estimate of drug-likeness (QED) is 0.737. The lowest BCUT2D eigenvalue weighted by molar-refractivity contribution is 0.0887. The van der Waals surface area contributed by atoms with Gasteiger partial charge in [-0.05, 0) is 23.6 Å². The van der Waals surface area contributed by atoms with E-state index in [1.165, 1.54) is 16.7 Å². The molecule has 0 saturated heterocycles. The molecule has 0 unspecified atom stereocenters. The largest absolute Gasteiger partial charge is 0.468 e. The highest BCUT2D eigenvalue weighted by Crippen LogP contribution is 2.39. The first-order chi connectivity index (χ1) is 11.3. The summed E-state index contributed by atoms with van der Waals surface area (Å²) in [5.74, 6) is 1.76. The van der Waals surface area contributed by atoms with Crippen LogP contribution >= 0.6 is 0 Å². The summed E-state index contributed by atoms with van der Waals surface area (Å²) in [6, 6.07) is 21.1. The van der Waals surface area contributed by atoms with E-state index in [-0.39, 0.29) is 5.92 Å². The second kappa shape index (κ2) is 7.19. The minimum absolute atomic E-state index is 0.141. The van der Waals surface area contributed by atoms with E-state index < -0.39 is 0 Å². The molecule has 0 fully saturated rings. The Morgan fingerprint density at radius 2 is 1.52 bits per heavy atom. The van der Waals surface area contributed by atoms with Gasteiger partial charge in [0.2, 0.25) is 0 Å². The van der Waals surface area contributed by atoms with Crippen LogP contribution in [0.4, 0.5) is 0 Å². The van der Waals surface area contributed by atoms with Gasteiger partial charge in [-0.1, -0.05) is 67.6 Å². The van der Waals surface area contributed by atoms with Crippen molar-refractivity contribution in [3.05, 3.63) is 95.1 Å². The summed E-state index contributed by atoms with van der Waals surface area (Å²) >= 11 is 0. The molecule has 1 aliphatic rings. The van der Waals surface area contributed by atoms with Crippen molar-refractivity contribution in [2.24, 2.45) is 0 Å². The highest BCUT2D eigenvalue weighted by molar-refractivity contribution is 5.42. The van der Waals surface area contributed by atoms with Crippen molar-refractivity contribution in [1.82, 2.24) is 0 Å². The molecular formula is C21H22O2. The first-order valence-corrected chi connectivity index (χ1v) is 8.07. The van der Waals surface area contributed by atoms with Gasteiger partial charge in [-0.3, -0.25) is 0 Å². The molecule has 2 aromatic carbocycles. The molecule has 3 rings (SSSR count). The molecule has 0 bridgehead atoms. The number of hydrogen-bond acceptors (Lipinski definition) is 2. The maximum atomic E-state index is 5.94. The molecule has 2 aromatic rings. The number of hydrogen-bond donors (Lipinski definition) is 0. The lowest BCUT2D eigenvalue weighted by Crippen LogP contribution is -2.13. The third kappa shape index (κ3) is 3.31. The van der Waals surface area contributed by atoms with Crippen LogP contribution in [0.2, 0.25) is 0 Å². The third-order valence-corrected chi connectivity index (χ3v) is 4.18. The monoisotopic (exact) mass is 306 g/mol. The number of methoxy groups -OCH3 is 1. The zero-order chi connectivity index (χ0) is 16.1. The standard InChI is InChI=1S/C21H22O2/c1-3-18-14-15-19(21(22-2)23-18)20(16-10-6-4-7-11-16)17-12-8-5-9-13-17/h4-14,20H,3,15H2,1-2H3. The Balaban J connectivity index is 2.07. The molecule has 1 aliphatic heterocycles. The van der Waals surface area contributed by atoms with E-state index in [9.17, 15) is 0 Å². The van der Waals surface area contributed by atoms with Crippen molar-refractivity contribution in [2.75, 3.05) is 7.11 Å². The summed E-state index contributed by atoms with van der Waals surface area (Å²) in [5, 5.41) is 0. The lowest BCUT2D eigenvalue weighted by Gasteiger charge is -2.26. The van der Waals surface area contributed by atoms with Crippen LogP contribution in [0.3, 0.4) is 0 Å². The van der Waals surface area contributed by atoms with Crippen molar-refractivity contribution < 1.29 is 9.47 Å². The Morgan fingerprint density at radius 1 is 0.957 bits per heavy atom. The summed E-state index contributed by atoms with van der Waals surface area (Å²) in [6.07, 6.45) is 3.89. The molecule has 23 heavy (non-hydrogen) atoms. The van der Waals surface area contributed by atoms with Crippen LogP contribution in [0.5, 0.6) is 0 Å². The molecule has 2 nitrogen and oxygen atoms in total. The molecule has 0 saturated carbocycles.